The zero-order valence-electron chi connectivity index (χ0n) is 9.65. The summed E-state index contributed by atoms with van der Waals surface area (Å²) in [4.78, 5) is 1.29. The molecule has 0 amide bonds. The molecule has 0 aromatic carbocycles. The number of thiocarbonyl (C=S) groups is 1. The van der Waals surface area contributed by atoms with Gasteiger partial charge < -0.3 is 5.32 Å². The van der Waals surface area contributed by atoms with E-state index in [1.165, 1.54) is 16.9 Å². The summed E-state index contributed by atoms with van der Waals surface area (Å²) >= 11 is 12.7. The van der Waals surface area contributed by atoms with Crippen molar-refractivity contribution in [3.63, 3.8) is 0 Å². The lowest BCUT2D eigenvalue weighted by molar-refractivity contribution is 0.629. The molecule has 0 bridgehead atoms. The highest BCUT2D eigenvalue weighted by atomic mass is 35.5. The van der Waals surface area contributed by atoms with Gasteiger partial charge >= 0.3 is 0 Å². The lowest BCUT2D eigenvalue weighted by Gasteiger charge is -2.13. The second kappa shape index (κ2) is 5.03. The van der Waals surface area contributed by atoms with Crippen molar-refractivity contribution in [3.05, 3.63) is 39.3 Å². The molecular weight excluding hydrogens is 284 g/mol. The smallest absolute Gasteiger partial charge is 0.197 e. The number of hydrogen-bond acceptors (Lipinski definition) is 2. The molecule has 1 radical (unpaired) electrons. The van der Waals surface area contributed by atoms with Gasteiger partial charge in [0.15, 0.2) is 5.11 Å². The first-order chi connectivity index (χ1) is 8.72. The molecule has 2 aliphatic rings. The minimum absolute atomic E-state index is 0.539. The molecule has 2 nitrogen and oxygen atoms in total. The third-order valence-electron chi connectivity index (χ3n) is 3.24. The molecule has 1 aromatic rings. The van der Waals surface area contributed by atoms with E-state index in [0.717, 1.165) is 22.9 Å². The van der Waals surface area contributed by atoms with Crippen molar-refractivity contribution in [3.8, 4) is 0 Å². The maximum absolute atomic E-state index is 6.01. The van der Waals surface area contributed by atoms with Gasteiger partial charge in [-0.05, 0) is 55.1 Å². The highest BCUT2D eigenvalue weighted by Crippen LogP contribution is 2.41. The van der Waals surface area contributed by atoms with E-state index in [0.29, 0.717) is 11.0 Å². The van der Waals surface area contributed by atoms with E-state index in [1.807, 2.05) is 12.3 Å². The minimum atomic E-state index is 0.539. The molecule has 3 rings (SSSR count). The first kappa shape index (κ1) is 12.2. The van der Waals surface area contributed by atoms with Crippen LogP contribution in [0.3, 0.4) is 0 Å². The average Bonchev–Trinajstić information content (AvgIpc) is 3.01. The Morgan fingerprint density at radius 1 is 1.50 bits per heavy atom. The Morgan fingerprint density at radius 3 is 3.06 bits per heavy atom. The molecule has 1 atom stereocenters. The lowest BCUT2D eigenvalue weighted by Crippen LogP contribution is -2.16. The van der Waals surface area contributed by atoms with Crippen LogP contribution >= 0.6 is 35.2 Å². The standard InChI is InChI=1S/C13H12ClN2S2/c14-12-5-4-11(18-12)10-3-1-2-8(10)6-9-7-15-13(17)16-9/h3-5,7-8H,1-2,6H2,(H,15,17). The van der Waals surface area contributed by atoms with Crippen LogP contribution in [0.2, 0.25) is 4.34 Å². The monoisotopic (exact) mass is 295 g/mol. The molecule has 1 aliphatic heterocycles. The Kier molecular flexibility index (Phi) is 3.41. The Labute approximate surface area is 121 Å². The maximum Gasteiger partial charge on any atom is 0.197 e. The highest BCUT2D eigenvalue weighted by Gasteiger charge is 2.24. The number of nitrogens with zero attached hydrogens (tertiary/aromatic N) is 1. The zero-order valence-corrected chi connectivity index (χ0v) is 12.0. The first-order valence-corrected chi connectivity index (χ1v) is 7.49. The molecule has 1 unspecified atom stereocenters. The van der Waals surface area contributed by atoms with Gasteiger partial charge in [-0.1, -0.05) is 17.7 Å². The molecule has 0 saturated carbocycles. The molecule has 5 heteroatoms. The van der Waals surface area contributed by atoms with Crippen molar-refractivity contribution in [2.45, 2.75) is 19.3 Å². The fraction of sp³-hybridized carbons (Fsp3) is 0.308. The molecule has 18 heavy (non-hydrogen) atoms. The van der Waals surface area contributed by atoms with Gasteiger partial charge in [0.25, 0.3) is 0 Å². The maximum atomic E-state index is 6.01. The molecule has 1 N–H and O–H groups in total. The molecule has 1 aromatic heterocycles. The number of halogens is 1. The Morgan fingerprint density at radius 2 is 2.39 bits per heavy atom. The van der Waals surface area contributed by atoms with Gasteiger partial charge in [-0.3, -0.25) is 0 Å². The highest BCUT2D eigenvalue weighted by molar-refractivity contribution is 7.80. The average molecular weight is 296 g/mol. The van der Waals surface area contributed by atoms with Crippen LogP contribution in [0.1, 0.15) is 24.1 Å². The summed E-state index contributed by atoms with van der Waals surface area (Å²) in [5, 5.41) is 7.86. The third kappa shape index (κ3) is 2.46. The topological polar surface area (TPSA) is 26.1 Å². The van der Waals surface area contributed by atoms with Crippen LogP contribution in [-0.2, 0) is 0 Å². The Hall–Kier alpha value is -0.840. The van der Waals surface area contributed by atoms with E-state index >= 15 is 0 Å². The second-order valence-corrected chi connectivity index (χ2v) is 6.54. The van der Waals surface area contributed by atoms with Crippen molar-refractivity contribution in [2.75, 3.05) is 0 Å². The van der Waals surface area contributed by atoms with E-state index in [2.05, 4.69) is 22.8 Å². The molecule has 2 heterocycles. The normalized spacial score (nSPS) is 22.5. The third-order valence-corrected chi connectivity index (χ3v) is 4.73. The van der Waals surface area contributed by atoms with E-state index < -0.39 is 0 Å². The van der Waals surface area contributed by atoms with Gasteiger partial charge in [-0.15, -0.1) is 11.3 Å². The summed E-state index contributed by atoms with van der Waals surface area (Å²) in [7, 11) is 0. The van der Waals surface area contributed by atoms with Crippen LogP contribution < -0.4 is 10.6 Å². The van der Waals surface area contributed by atoms with Crippen molar-refractivity contribution in [1.82, 2.24) is 10.6 Å². The molecule has 0 fully saturated rings. The summed E-state index contributed by atoms with van der Waals surface area (Å²) in [6.45, 7) is 0. The fourth-order valence-corrected chi connectivity index (χ4v) is 3.78. The lowest BCUT2D eigenvalue weighted by atomic mass is 9.95. The summed E-state index contributed by atoms with van der Waals surface area (Å²) in [5.41, 5.74) is 2.47. The van der Waals surface area contributed by atoms with Gasteiger partial charge in [0.05, 0.1) is 10.0 Å². The Bertz CT molecular complexity index is 545. The molecule has 0 spiro atoms. The van der Waals surface area contributed by atoms with Crippen LogP contribution in [0.15, 0.2) is 30.1 Å². The molecule has 93 valence electrons. The van der Waals surface area contributed by atoms with E-state index in [1.54, 1.807) is 11.3 Å². The largest absolute Gasteiger partial charge is 0.336 e. The number of allylic oxidation sites excluding steroid dienone is 3. The van der Waals surface area contributed by atoms with Crippen LogP contribution in [0.5, 0.6) is 0 Å². The van der Waals surface area contributed by atoms with Gasteiger partial charge in [0, 0.05) is 11.1 Å². The van der Waals surface area contributed by atoms with E-state index in [-0.39, 0.29) is 0 Å². The van der Waals surface area contributed by atoms with Gasteiger partial charge in [0.2, 0.25) is 0 Å². The van der Waals surface area contributed by atoms with Crippen molar-refractivity contribution in [2.24, 2.45) is 5.92 Å². The van der Waals surface area contributed by atoms with Gasteiger partial charge in [-0.2, -0.15) is 0 Å². The predicted octanol–water partition coefficient (Wildman–Crippen LogP) is 3.92. The number of nitrogens with one attached hydrogen (secondary N) is 1. The second-order valence-electron chi connectivity index (χ2n) is 4.44. The SMILES string of the molecule is S=C1[N]C(CC2CCC=C2c2ccc(Cl)s2)=CN1. The van der Waals surface area contributed by atoms with Gasteiger partial charge in [-0.25, -0.2) is 5.32 Å². The zero-order chi connectivity index (χ0) is 12.5. The van der Waals surface area contributed by atoms with Crippen LogP contribution in [0, 0.1) is 5.92 Å². The Balaban J connectivity index is 1.73. The van der Waals surface area contributed by atoms with Crippen molar-refractivity contribution >= 4 is 45.8 Å². The molecular formula is C13H12ClN2S2. The summed E-state index contributed by atoms with van der Waals surface area (Å²) < 4.78 is 0.851. The van der Waals surface area contributed by atoms with Gasteiger partial charge in [0.1, 0.15) is 0 Å². The number of hydrogen-bond donors (Lipinski definition) is 1. The summed E-state index contributed by atoms with van der Waals surface area (Å²) in [5.74, 6) is 0.539. The minimum Gasteiger partial charge on any atom is -0.336 e. The molecule has 0 saturated heterocycles. The van der Waals surface area contributed by atoms with Crippen LogP contribution in [0.4, 0.5) is 0 Å². The van der Waals surface area contributed by atoms with Crippen molar-refractivity contribution < 1.29 is 0 Å². The fourth-order valence-electron chi connectivity index (χ4n) is 2.44. The predicted molar refractivity (Wildman–Crippen MR) is 80.6 cm³/mol. The van der Waals surface area contributed by atoms with Crippen molar-refractivity contribution in [1.29, 1.82) is 0 Å². The van der Waals surface area contributed by atoms with Crippen LogP contribution in [-0.4, -0.2) is 5.11 Å². The van der Waals surface area contributed by atoms with Crippen LogP contribution in [0.25, 0.3) is 5.57 Å². The van der Waals surface area contributed by atoms with E-state index in [9.17, 15) is 0 Å². The first-order valence-electron chi connectivity index (χ1n) is 5.89. The quantitative estimate of drug-likeness (QED) is 0.856. The summed E-state index contributed by atoms with van der Waals surface area (Å²) in [6, 6.07) is 4.08. The number of thiophene rings is 1. The summed E-state index contributed by atoms with van der Waals surface area (Å²) in [6.07, 6.45) is 7.52. The molecule has 1 aliphatic carbocycles. The number of rotatable bonds is 3. The van der Waals surface area contributed by atoms with E-state index in [4.69, 9.17) is 23.8 Å².